The molecule has 0 aromatic rings. The first kappa shape index (κ1) is 14.2. The van der Waals surface area contributed by atoms with Gasteiger partial charge in [-0.25, -0.2) is 0 Å². The molecule has 1 amide bonds. The minimum atomic E-state index is -0.898. The van der Waals surface area contributed by atoms with Crippen LogP contribution in [0.25, 0.3) is 0 Å². The Morgan fingerprint density at radius 2 is 2.29 bits per heavy atom. The van der Waals surface area contributed by atoms with Crippen molar-refractivity contribution < 1.29 is 18.9 Å². The summed E-state index contributed by atoms with van der Waals surface area (Å²) in [6.07, 6.45) is 3.03. The monoisotopic (exact) mass is 261 g/mol. The first-order chi connectivity index (χ1) is 7.91. The molecular weight excluding hydrogens is 242 g/mol. The number of rotatable bonds is 5. The molecule has 3 unspecified atom stereocenters. The van der Waals surface area contributed by atoms with Gasteiger partial charge in [-0.2, -0.15) is 0 Å². The van der Waals surface area contributed by atoms with Gasteiger partial charge in [0.15, 0.2) is 0 Å². The lowest BCUT2D eigenvalue weighted by Crippen LogP contribution is -2.43. The second kappa shape index (κ2) is 6.14. The lowest BCUT2D eigenvalue weighted by atomic mass is 9.97. The van der Waals surface area contributed by atoms with Crippen molar-refractivity contribution >= 4 is 22.7 Å². The Morgan fingerprint density at radius 3 is 2.82 bits per heavy atom. The molecule has 1 fully saturated rings. The first-order valence-corrected chi connectivity index (χ1v) is 7.36. The van der Waals surface area contributed by atoms with Crippen LogP contribution in [0.4, 0.5) is 0 Å². The molecule has 0 bridgehead atoms. The molecule has 1 heterocycles. The van der Waals surface area contributed by atoms with Crippen LogP contribution in [0.5, 0.6) is 0 Å². The normalized spacial score (nSPS) is 24.5. The summed E-state index contributed by atoms with van der Waals surface area (Å²) in [5.74, 6) is -1.28. The maximum absolute atomic E-state index is 11.6. The minimum Gasteiger partial charge on any atom is -0.481 e. The summed E-state index contributed by atoms with van der Waals surface area (Å²) in [5.41, 5.74) is 0. The van der Waals surface area contributed by atoms with Crippen molar-refractivity contribution in [3.63, 3.8) is 0 Å². The van der Waals surface area contributed by atoms with E-state index in [1.54, 1.807) is 11.2 Å². The number of aliphatic carboxylic acids is 1. The van der Waals surface area contributed by atoms with Crippen LogP contribution in [0.2, 0.25) is 0 Å². The van der Waals surface area contributed by atoms with Crippen LogP contribution in [-0.4, -0.2) is 50.7 Å². The van der Waals surface area contributed by atoms with Gasteiger partial charge in [0.1, 0.15) is 0 Å². The first-order valence-electron chi connectivity index (χ1n) is 5.74. The topological polar surface area (TPSA) is 74.7 Å². The Bertz CT molecular complexity index is 331. The summed E-state index contributed by atoms with van der Waals surface area (Å²) in [5, 5.41) is 8.96. The average Bonchev–Trinajstić information content (AvgIpc) is 2.26. The Morgan fingerprint density at radius 1 is 1.65 bits per heavy atom. The van der Waals surface area contributed by atoms with Crippen molar-refractivity contribution in [2.45, 2.75) is 31.4 Å². The lowest BCUT2D eigenvalue weighted by molar-refractivity contribution is -0.147. The van der Waals surface area contributed by atoms with E-state index >= 15 is 0 Å². The number of carboxylic acids is 1. The Hall–Kier alpha value is -0.910. The highest BCUT2D eigenvalue weighted by Crippen LogP contribution is 2.18. The molecule has 0 saturated carbocycles. The third kappa shape index (κ3) is 4.11. The quantitative estimate of drug-likeness (QED) is 0.780. The molecule has 1 saturated heterocycles. The van der Waals surface area contributed by atoms with Gasteiger partial charge < -0.3 is 10.0 Å². The van der Waals surface area contributed by atoms with E-state index in [0.29, 0.717) is 25.8 Å². The van der Waals surface area contributed by atoms with Gasteiger partial charge in [0.25, 0.3) is 0 Å². The highest BCUT2D eigenvalue weighted by molar-refractivity contribution is 7.84. The van der Waals surface area contributed by atoms with Crippen LogP contribution in [0.1, 0.15) is 26.2 Å². The van der Waals surface area contributed by atoms with Crippen molar-refractivity contribution in [3.05, 3.63) is 0 Å². The van der Waals surface area contributed by atoms with Crippen LogP contribution in [-0.2, 0) is 20.4 Å². The van der Waals surface area contributed by atoms with Crippen molar-refractivity contribution in [1.29, 1.82) is 0 Å². The van der Waals surface area contributed by atoms with E-state index in [9.17, 15) is 13.8 Å². The van der Waals surface area contributed by atoms with Crippen LogP contribution < -0.4 is 0 Å². The molecule has 5 nitrogen and oxygen atoms in total. The number of carboxylic acid groups (broad SMARTS) is 1. The second-order valence-corrected chi connectivity index (χ2v) is 6.31. The Kier molecular flexibility index (Phi) is 5.11. The van der Waals surface area contributed by atoms with E-state index in [-0.39, 0.29) is 17.7 Å². The highest BCUT2D eigenvalue weighted by Gasteiger charge is 2.29. The summed E-state index contributed by atoms with van der Waals surface area (Å²) in [6.45, 7) is 2.67. The molecule has 1 aliphatic heterocycles. The van der Waals surface area contributed by atoms with Crippen molar-refractivity contribution in [2.75, 3.05) is 19.3 Å². The number of hydrogen-bond acceptors (Lipinski definition) is 3. The summed E-state index contributed by atoms with van der Waals surface area (Å²) in [4.78, 5) is 24.1. The maximum atomic E-state index is 11.6. The van der Waals surface area contributed by atoms with E-state index in [1.165, 1.54) is 0 Å². The van der Waals surface area contributed by atoms with Crippen LogP contribution in [0.15, 0.2) is 0 Å². The number of likely N-dealkylation sites (tertiary alicyclic amines) is 1. The van der Waals surface area contributed by atoms with Gasteiger partial charge in [-0.05, 0) is 12.8 Å². The Balaban J connectivity index is 2.48. The van der Waals surface area contributed by atoms with Crippen molar-refractivity contribution in [2.24, 2.45) is 5.92 Å². The molecule has 1 aliphatic rings. The van der Waals surface area contributed by atoms with Gasteiger partial charge in [-0.1, -0.05) is 6.92 Å². The zero-order valence-corrected chi connectivity index (χ0v) is 11.0. The summed E-state index contributed by atoms with van der Waals surface area (Å²) in [7, 11) is -0.898. The lowest BCUT2D eigenvalue weighted by Gasteiger charge is -2.31. The molecular formula is C11H19NO4S. The fourth-order valence-corrected chi connectivity index (χ4v) is 2.27. The van der Waals surface area contributed by atoms with Gasteiger partial charge in [0, 0.05) is 41.8 Å². The number of hydrogen-bond donors (Lipinski definition) is 1. The van der Waals surface area contributed by atoms with E-state index in [2.05, 4.69) is 0 Å². The van der Waals surface area contributed by atoms with Crippen LogP contribution in [0.3, 0.4) is 0 Å². The van der Waals surface area contributed by atoms with Gasteiger partial charge in [0.2, 0.25) is 5.91 Å². The smallest absolute Gasteiger partial charge is 0.308 e. The van der Waals surface area contributed by atoms with E-state index in [0.717, 1.165) is 0 Å². The zero-order chi connectivity index (χ0) is 13.0. The number of amides is 1. The summed E-state index contributed by atoms with van der Waals surface area (Å²) in [6, 6.07) is 0. The zero-order valence-electron chi connectivity index (χ0n) is 10.2. The average molecular weight is 261 g/mol. The fraction of sp³-hybridized carbons (Fsp3) is 0.818. The molecule has 17 heavy (non-hydrogen) atoms. The van der Waals surface area contributed by atoms with Gasteiger partial charge >= 0.3 is 5.97 Å². The summed E-state index contributed by atoms with van der Waals surface area (Å²) >= 11 is 0. The molecule has 6 heteroatoms. The van der Waals surface area contributed by atoms with E-state index in [4.69, 9.17) is 5.11 Å². The number of nitrogens with zero attached hydrogens (tertiary/aromatic N) is 1. The predicted molar refractivity (Wildman–Crippen MR) is 65.1 cm³/mol. The molecule has 98 valence electrons. The highest BCUT2D eigenvalue weighted by atomic mass is 32.2. The molecule has 0 spiro atoms. The number of carbonyl (C=O) groups is 2. The Labute approximate surface area is 104 Å². The molecule has 0 aliphatic carbocycles. The van der Waals surface area contributed by atoms with Crippen LogP contribution in [0, 0.1) is 5.92 Å². The molecule has 1 N–H and O–H groups in total. The summed E-state index contributed by atoms with van der Waals surface area (Å²) < 4.78 is 11.2. The molecule has 0 aromatic heterocycles. The predicted octanol–water partition coefficient (Wildman–Crippen LogP) is 0.467. The fourth-order valence-electron chi connectivity index (χ4n) is 1.84. The standard InChI is InChI=1S/C11H19NO4S/c1-8(17(2)16)5-6-12-7-9(11(14)15)3-4-10(12)13/h8-9H,3-7H2,1-2H3,(H,14,15). The van der Waals surface area contributed by atoms with Crippen LogP contribution >= 0.6 is 0 Å². The van der Waals surface area contributed by atoms with Gasteiger partial charge in [-0.3, -0.25) is 13.8 Å². The second-order valence-electron chi connectivity index (χ2n) is 4.51. The van der Waals surface area contributed by atoms with Gasteiger partial charge in [-0.15, -0.1) is 0 Å². The van der Waals surface area contributed by atoms with Crippen molar-refractivity contribution in [1.82, 2.24) is 4.90 Å². The van der Waals surface area contributed by atoms with E-state index in [1.807, 2.05) is 6.92 Å². The molecule has 0 aromatic carbocycles. The largest absolute Gasteiger partial charge is 0.481 e. The van der Waals surface area contributed by atoms with Gasteiger partial charge in [0.05, 0.1) is 5.92 Å². The number of carbonyl (C=O) groups excluding carboxylic acids is 1. The third-order valence-electron chi connectivity index (χ3n) is 3.22. The third-order valence-corrected chi connectivity index (χ3v) is 4.59. The van der Waals surface area contributed by atoms with Crippen molar-refractivity contribution in [3.8, 4) is 0 Å². The maximum Gasteiger partial charge on any atom is 0.308 e. The van der Waals surface area contributed by atoms with E-state index < -0.39 is 22.7 Å². The molecule has 1 rings (SSSR count). The molecule has 0 radical (unpaired) electrons. The number of piperidine rings is 1. The SMILES string of the molecule is CC(CCN1CC(C(=O)O)CCC1=O)S(C)=O. The molecule has 3 atom stereocenters. The minimum absolute atomic E-state index is 0.0107.